The monoisotopic (exact) mass is 317 g/mol. The molecule has 0 unspecified atom stereocenters. The van der Waals surface area contributed by atoms with Gasteiger partial charge in [0.2, 0.25) is 0 Å². The average molecular weight is 317 g/mol. The fraction of sp³-hybridized carbons (Fsp3) is 0.100. The molecule has 0 saturated heterocycles. The fourth-order valence-electron chi connectivity index (χ4n) is 2.61. The molecule has 0 fully saturated rings. The van der Waals surface area contributed by atoms with E-state index in [0.29, 0.717) is 0 Å². The summed E-state index contributed by atoms with van der Waals surface area (Å²) in [4.78, 5) is 0. The molecular formula is C20H18Co-2. The minimum absolute atomic E-state index is 0. The van der Waals surface area contributed by atoms with Crippen LogP contribution in [-0.2, 0) is 16.8 Å². The van der Waals surface area contributed by atoms with Gasteiger partial charge in [0.1, 0.15) is 0 Å². The van der Waals surface area contributed by atoms with Crippen molar-refractivity contribution in [2.75, 3.05) is 0 Å². The molecule has 4 aromatic carbocycles. The summed E-state index contributed by atoms with van der Waals surface area (Å²) in [5, 5.41) is 5.45. The van der Waals surface area contributed by atoms with Gasteiger partial charge in [-0.25, -0.2) is 0 Å². The summed E-state index contributed by atoms with van der Waals surface area (Å²) in [5.41, 5.74) is 2.74. The topological polar surface area (TPSA) is 0 Å². The van der Waals surface area contributed by atoms with Gasteiger partial charge in [0.15, 0.2) is 0 Å². The molecule has 0 N–H and O–H groups in total. The Hall–Kier alpha value is -1.83. The summed E-state index contributed by atoms with van der Waals surface area (Å²) in [7, 11) is 0. The molecule has 0 bridgehead atoms. The van der Waals surface area contributed by atoms with Crippen LogP contribution >= 0.6 is 0 Å². The Bertz CT molecular complexity index is 761. The molecule has 0 atom stereocenters. The van der Waals surface area contributed by atoms with E-state index in [1.165, 1.54) is 32.7 Å². The number of hydrogen-bond donors (Lipinski definition) is 0. The molecule has 1 radical (unpaired) electrons. The summed E-state index contributed by atoms with van der Waals surface area (Å²) in [5.74, 6) is 0. The Morgan fingerprint density at radius 1 is 0.571 bits per heavy atom. The molecule has 0 heterocycles. The van der Waals surface area contributed by atoms with E-state index in [1.54, 1.807) is 0 Å². The number of aryl methyl sites for hydroxylation is 2. The first-order chi connectivity index (χ1) is 9.75. The predicted octanol–water partition coefficient (Wildman–Crippen LogP) is 5.73. The van der Waals surface area contributed by atoms with Gasteiger partial charge in [0.05, 0.1) is 0 Å². The van der Waals surface area contributed by atoms with Crippen molar-refractivity contribution in [2.24, 2.45) is 0 Å². The van der Waals surface area contributed by atoms with E-state index in [2.05, 4.69) is 86.6 Å². The number of rotatable bonds is 0. The summed E-state index contributed by atoms with van der Waals surface area (Å²) in [6, 6.07) is 25.5. The number of benzene rings is 2. The Morgan fingerprint density at radius 3 is 1.33 bits per heavy atom. The molecule has 21 heavy (non-hydrogen) atoms. The standard InChI is InChI=1S/2C10H9.Co/c2*1-8-6-7-9-4-2-3-5-10(8)9;/h2*2-7H,1H3;/q2*-1;. The smallest absolute Gasteiger partial charge is 0 e. The minimum Gasteiger partial charge on any atom is -0.168 e. The normalized spacial score (nSPS) is 10.0. The third-order valence-corrected chi connectivity index (χ3v) is 3.80. The first-order valence-corrected chi connectivity index (χ1v) is 6.98. The van der Waals surface area contributed by atoms with Gasteiger partial charge in [-0.15, -0.1) is 69.1 Å². The Morgan fingerprint density at radius 2 is 0.952 bits per heavy atom. The molecule has 0 aromatic heterocycles. The molecule has 0 nitrogen and oxygen atoms in total. The fourth-order valence-corrected chi connectivity index (χ4v) is 2.61. The van der Waals surface area contributed by atoms with Crippen LogP contribution in [0.1, 0.15) is 11.1 Å². The first-order valence-electron chi connectivity index (χ1n) is 6.98. The summed E-state index contributed by atoms with van der Waals surface area (Å²) in [6.45, 7) is 4.28. The average Bonchev–Trinajstić information content (AvgIpc) is 3.05. The van der Waals surface area contributed by atoms with Crippen LogP contribution in [0.3, 0.4) is 0 Å². The van der Waals surface area contributed by atoms with Gasteiger partial charge in [0, 0.05) is 16.8 Å². The van der Waals surface area contributed by atoms with Gasteiger partial charge >= 0.3 is 0 Å². The second-order valence-electron chi connectivity index (χ2n) is 5.21. The van der Waals surface area contributed by atoms with Crippen molar-refractivity contribution in [2.45, 2.75) is 13.8 Å². The van der Waals surface area contributed by atoms with Crippen molar-refractivity contribution in [1.29, 1.82) is 0 Å². The second-order valence-corrected chi connectivity index (χ2v) is 5.21. The molecule has 0 amide bonds. The van der Waals surface area contributed by atoms with Gasteiger partial charge in [-0.3, -0.25) is 0 Å². The molecule has 4 aromatic rings. The molecule has 0 aliphatic heterocycles. The third-order valence-electron chi connectivity index (χ3n) is 3.80. The third kappa shape index (κ3) is 3.26. The first kappa shape index (κ1) is 15.6. The second kappa shape index (κ2) is 6.75. The van der Waals surface area contributed by atoms with Gasteiger partial charge in [0.25, 0.3) is 0 Å². The zero-order valence-electron chi connectivity index (χ0n) is 12.3. The molecule has 109 valence electrons. The zero-order valence-corrected chi connectivity index (χ0v) is 13.3. The number of fused-ring (bicyclic) bond motifs is 2. The van der Waals surface area contributed by atoms with E-state index >= 15 is 0 Å². The van der Waals surface area contributed by atoms with Crippen LogP contribution in [0.5, 0.6) is 0 Å². The van der Waals surface area contributed by atoms with Crippen LogP contribution in [0.4, 0.5) is 0 Å². The SMILES string of the molecule is C[c-]1ccc2ccccc21.C[c-]1ccc2ccccc21.[Co]. The van der Waals surface area contributed by atoms with E-state index in [9.17, 15) is 0 Å². The van der Waals surface area contributed by atoms with Crippen LogP contribution in [0.15, 0.2) is 72.8 Å². The maximum absolute atomic E-state index is 2.16. The van der Waals surface area contributed by atoms with E-state index in [4.69, 9.17) is 0 Å². The molecule has 0 aliphatic rings. The summed E-state index contributed by atoms with van der Waals surface area (Å²) in [6.07, 6.45) is 0. The molecule has 0 aliphatic carbocycles. The van der Waals surface area contributed by atoms with E-state index in [1.807, 2.05) is 0 Å². The van der Waals surface area contributed by atoms with Crippen LogP contribution in [0, 0.1) is 13.8 Å². The van der Waals surface area contributed by atoms with Crippen molar-refractivity contribution in [3.63, 3.8) is 0 Å². The zero-order chi connectivity index (χ0) is 13.9. The molecule has 0 saturated carbocycles. The van der Waals surface area contributed by atoms with Crippen LogP contribution < -0.4 is 0 Å². The largest absolute Gasteiger partial charge is 0.168 e. The van der Waals surface area contributed by atoms with Crippen LogP contribution in [-0.4, -0.2) is 0 Å². The van der Waals surface area contributed by atoms with Crippen molar-refractivity contribution in [3.8, 4) is 0 Å². The van der Waals surface area contributed by atoms with Crippen molar-refractivity contribution in [1.82, 2.24) is 0 Å². The molecule has 1 heteroatoms. The van der Waals surface area contributed by atoms with E-state index in [-0.39, 0.29) is 16.8 Å². The minimum atomic E-state index is 0. The maximum atomic E-state index is 2.16. The maximum Gasteiger partial charge on any atom is 0 e. The van der Waals surface area contributed by atoms with Crippen LogP contribution in [0.2, 0.25) is 0 Å². The Balaban J connectivity index is 0.000000147. The van der Waals surface area contributed by atoms with Gasteiger partial charge in [-0.05, 0) is 0 Å². The predicted molar refractivity (Wildman–Crippen MR) is 88.6 cm³/mol. The number of hydrogen-bond acceptors (Lipinski definition) is 0. The summed E-state index contributed by atoms with van der Waals surface area (Å²) < 4.78 is 0. The van der Waals surface area contributed by atoms with Gasteiger partial charge in [-0.1, -0.05) is 26.0 Å². The van der Waals surface area contributed by atoms with Gasteiger partial charge < -0.3 is 0 Å². The van der Waals surface area contributed by atoms with Crippen molar-refractivity contribution < 1.29 is 16.8 Å². The van der Waals surface area contributed by atoms with E-state index in [0.717, 1.165) is 0 Å². The van der Waals surface area contributed by atoms with Gasteiger partial charge in [-0.2, -0.15) is 24.3 Å². The molecule has 4 rings (SSSR count). The van der Waals surface area contributed by atoms with Crippen LogP contribution in [0.25, 0.3) is 21.5 Å². The Kier molecular flexibility index (Phi) is 5.00. The molecule has 0 spiro atoms. The van der Waals surface area contributed by atoms with Crippen molar-refractivity contribution in [3.05, 3.63) is 83.9 Å². The molecular weight excluding hydrogens is 299 g/mol. The van der Waals surface area contributed by atoms with E-state index < -0.39 is 0 Å². The Labute approximate surface area is 136 Å². The summed E-state index contributed by atoms with van der Waals surface area (Å²) >= 11 is 0. The van der Waals surface area contributed by atoms with Crippen molar-refractivity contribution >= 4 is 21.5 Å². The quantitative estimate of drug-likeness (QED) is 0.363.